The lowest BCUT2D eigenvalue weighted by atomic mass is 9.79. The summed E-state index contributed by atoms with van der Waals surface area (Å²) in [4.78, 5) is 10.7. The Bertz CT molecular complexity index is 361. The molecule has 1 aromatic heterocycles. The zero-order chi connectivity index (χ0) is 10.8. The van der Waals surface area contributed by atoms with Gasteiger partial charge in [0.1, 0.15) is 0 Å². The molecule has 5 heteroatoms. The summed E-state index contributed by atoms with van der Waals surface area (Å²) >= 11 is 0. The minimum atomic E-state index is -0.715. The number of nitrogens with one attached hydrogen (secondary N) is 1. The summed E-state index contributed by atoms with van der Waals surface area (Å²) in [6.45, 7) is 2.41. The maximum atomic E-state index is 10.7. The first-order valence-corrected chi connectivity index (χ1v) is 5.05. The van der Waals surface area contributed by atoms with Crippen molar-refractivity contribution in [3.05, 3.63) is 17.5 Å². The van der Waals surface area contributed by atoms with Crippen LogP contribution in [0.5, 0.6) is 0 Å². The van der Waals surface area contributed by atoms with Crippen molar-refractivity contribution in [2.45, 2.75) is 32.4 Å². The lowest BCUT2D eigenvalue weighted by Crippen LogP contribution is -2.47. The molecule has 0 amide bonds. The molecule has 1 aliphatic rings. The van der Waals surface area contributed by atoms with E-state index in [0.717, 1.165) is 24.3 Å². The van der Waals surface area contributed by atoms with Gasteiger partial charge in [-0.3, -0.25) is 4.79 Å². The summed E-state index contributed by atoms with van der Waals surface area (Å²) in [5.74, 6) is -0.204. The van der Waals surface area contributed by atoms with E-state index in [1.54, 1.807) is 0 Å². The Hall–Kier alpha value is -1.36. The second-order valence-corrected chi connectivity index (χ2v) is 3.94. The Kier molecular flexibility index (Phi) is 2.73. The van der Waals surface area contributed by atoms with Crippen LogP contribution in [0.25, 0.3) is 0 Å². The molecule has 2 unspecified atom stereocenters. The van der Waals surface area contributed by atoms with E-state index in [4.69, 9.17) is 9.63 Å². The molecule has 15 heavy (non-hydrogen) atoms. The Morgan fingerprint density at radius 3 is 3.00 bits per heavy atom. The molecule has 1 heterocycles. The molecule has 0 radical (unpaired) electrons. The second-order valence-electron chi connectivity index (χ2n) is 3.94. The van der Waals surface area contributed by atoms with Crippen LogP contribution in [0.4, 0.5) is 0 Å². The quantitative estimate of drug-likeness (QED) is 0.773. The number of carboxylic acids is 1. The van der Waals surface area contributed by atoms with E-state index < -0.39 is 5.97 Å². The number of rotatable bonds is 4. The molecule has 1 saturated carbocycles. The highest BCUT2D eigenvalue weighted by Crippen LogP contribution is 2.27. The largest absolute Gasteiger partial charge is 0.481 e. The van der Waals surface area contributed by atoms with E-state index in [9.17, 15) is 4.79 Å². The molecule has 2 N–H and O–H groups in total. The van der Waals surface area contributed by atoms with E-state index in [1.165, 1.54) is 0 Å². The van der Waals surface area contributed by atoms with Gasteiger partial charge in [-0.05, 0) is 19.8 Å². The van der Waals surface area contributed by atoms with Crippen LogP contribution in [0.1, 0.15) is 24.3 Å². The molecule has 0 aliphatic heterocycles. The van der Waals surface area contributed by atoms with Crippen LogP contribution < -0.4 is 5.32 Å². The average molecular weight is 210 g/mol. The van der Waals surface area contributed by atoms with Gasteiger partial charge in [-0.1, -0.05) is 5.16 Å². The number of aliphatic carboxylic acids is 1. The summed E-state index contributed by atoms with van der Waals surface area (Å²) < 4.78 is 5.02. The predicted octanol–water partition coefficient (Wildman–Crippen LogP) is 0.936. The number of nitrogens with zero attached hydrogens (tertiary/aromatic N) is 1. The normalized spacial score (nSPS) is 24.9. The lowest BCUT2D eigenvalue weighted by molar-refractivity contribution is -0.146. The number of carboxylic acid groups (broad SMARTS) is 1. The molecule has 0 aromatic carbocycles. The summed E-state index contributed by atoms with van der Waals surface area (Å²) in [6.07, 6.45) is 1.69. The Morgan fingerprint density at radius 2 is 2.53 bits per heavy atom. The van der Waals surface area contributed by atoms with Crippen molar-refractivity contribution in [3.8, 4) is 0 Å². The molecule has 0 spiro atoms. The van der Waals surface area contributed by atoms with Gasteiger partial charge in [-0.15, -0.1) is 0 Å². The van der Waals surface area contributed by atoms with Crippen molar-refractivity contribution in [1.29, 1.82) is 0 Å². The van der Waals surface area contributed by atoms with E-state index in [1.807, 2.05) is 13.0 Å². The van der Waals surface area contributed by atoms with Gasteiger partial charge >= 0.3 is 5.97 Å². The minimum Gasteiger partial charge on any atom is -0.481 e. The van der Waals surface area contributed by atoms with Crippen LogP contribution in [0.3, 0.4) is 0 Å². The van der Waals surface area contributed by atoms with Gasteiger partial charge < -0.3 is 14.9 Å². The first-order chi connectivity index (χ1) is 7.16. The molecule has 2 atom stereocenters. The molecule has 0 bridgehead atoms. The van der Waals surface area contributed by atoms with Crippen molar-refractivity contribution in [3.63, 3.8) is 0 Å². The topological polar surface area (TPSA) is 75.4 Å². The number of hydrogen-bond donors (Lipinski definition) is 2. The summed E-state index contributed by atoms with van der Waals surface area (Å²) in [5, 5.41) is 15.8. The fourth-order valence-corrected chi connectivity index (χ4v) is 1.77. The molecule has 0 saturated heterocycles. The first kappa shape index (κ1) is 10.2. The number of aromatic nitrogens is 1. The van der Waals surface area contributed by atoms with Gasteiger partial charge in [-0.25, -0.2) is 0 Å². The number of carbonyl (C=O) groups is 1. The average Bonchev–Trinajstić information content (AvgIpc) is 2.48. The third-order valence-corrected chi connectivity index (χ3v) is 2.81. The summed E-state index contributed by atoms with van der Waals surface area (Å²) in [5.41, 5.74) is 0.843. The molecule has 2 rings (SSSR count). The van der Waals surface area contributed by atoms with Gasteiger partial charge in [0.2, 0.25) is 0 Å². The van der Waals surface area contributed by atoms with Gasteiger partial charge in [0.25, 0.3) is 0 Å². The van der Waals surface area contributed by atoms with E-state index in [2.05, 4.69) is 10.5 Å². The predicted molar refractivity (Wildman–Crippen MR) is 52.2 cm³/mol. The monoisotopic (exact) mass is 210 g/mol. The standard InChI is InChI=1S/C10H14N2O3/c1-6-4-7(15-12-6)5-11-9-3-2-8(9)10(13)14/h4,8-9,11H,2-3,5H2,1H3,(H,13,14). The summed E-state index contributed by atoms with van der Waals surface area (Å²) in [6, 6.07) is 1.93. The highest BCUT2D eigenvalue weighted by Gasteiger charge is 2.36. The van der Waals surface area contributed by atoms with E-state index >= 15 is 0 Å². The van der Waals surface area contributed by atoms with Crippen molar-refractivity contribution in [2.24, 2.45) is 5.92 Å². The molecule has 1 fully saturated rings. The van der Waals surface area contributed by atoms with Gasteiger partial charge in [0.15, 0.2) is 5.76 Å². The van der Waals surface area contributed by atoms with Crippen LogP contribution >= 0.6 is 0 Å². The Morgan fingerprint density at radius 1 is 1.73 bits per heavy atom. The van der Waals surface area contributed by atoms with Crippen LogP contribution in [0, 0.1) is 12.8 Å². The van der Waals surface area contributed by atoms with Gasteiger partial charge in [0, 0.05) is 12.1 Å². The van der Waals surface area contributed by atoms with Crippen LogP contribution in [-0.2, 0) is 11.3 Å². The Balaban J connectivity index is 1.81. The smallest absolute Gasteiger partial charge is 0.308 e. The number of hydrogen-bond acceptors (Lipinski definition) is 4. The molecule has 1 aromatic rings. The second kappa shape index (κ2) is 4.02. The zero-order valence-electron chi connectivity index (χ0n) is 8.56. The molecular weight excluding hydrogens is 196 g/mol. The van der Waals surface area contributed by atoms with Crippen molar-refractivity contribution >= 4 is 5.97 Å². The van der Waals surface area contributed by atoms with Gasteiger partial charge in [-0.2, -0.15) is 0 Å². The fourth-order valence-electron chi connectivity index (χ4n) is 1.77. The Labute approximate surface area is 87.5 Å². The highest BCUT2D eigenvalue weighted by atomic mass is 16.5. The van der Waals surface area contributed by atoms with Crippen molar-refractivity contribution in [1.82, 2.24) is 10.5 Å². The highest BCUT2D eigenvalue weighted by molar-refractivity contribution is 5.72. The van der Waals surface area contributed by atoms with E-state index in [0.29, 0.717) is 6.54 Å². The van der Waals surface area contributed by atoms with Crippen LogP contribution in [-0.4, -0.2) is 22.3 Å². The minimum absolute atomic E-state index is 0.0768. The molecule has 82 valence electrons. The molecular formula is C10H14N2O3. The first-order valence-electron chi connectivity index (χ1n) is 5.05. The summed E-state index contributed by atoms with van der Waals surface area (Å²) in [7, 11) is 0. The van der Waals surface area contributed by atoms with Gasteiger partial charge in [0.05, 0.1) is 18.2 Å². The maximum Gasteiger partial charge on any atom is 0.308 e. The van der Waals surface area contributed by atoms with Crippen molar-refractivity contribution < 1.29 is 14.4 Å². The molecule has 5 nitrogen and oxygen atoms in total. The third-order valence-electron chi connectivity index (χ3n) is 2.81. The fraction of sp³-hybridized carbons (Fsp3) is 0.600. The van der Waals surface area contributed by atoms with E-state index in [-0.39, 0.29) is 12.0 Å². The van der Waals surface area contributed by atoms with Crippen LogP contribution in [0.15, 0.2) is 10.6 Å². The van der Waals surface area contributed by atoms with Crippen molar-refractivity contribution in [2.75, 3.05) is 0 Å². The van der Waals surface area contributed by atoms with Crippen LogP contribution in [0.2, 0.25) is 0 Å². The number of aryl methyl sites for hydroxylation is 1. The maximum absolute atomic E-state index is 10.7. The molecule has 1 aliphatic carbocycles. The lowest BCUT2D eigenvalue weighted by Gasteiger charge is -2.33. The zero-order valence-corrected chi connectivity index (χ0v) is 8.56. The SMILES string of the molecule is Cc1cc(CNC2CCC2C(=O)O)on1. The third kappa shape index (κ3) is 2.18.